The topological polar surface area (TPSA) is 57.7 Å². The zero-order chi connectivity index (χ0) is 23.0. The summed E-state index contributed by atoms with van der Waals surface area (Å²) in [5.74, 6) is -11.8. The second kappa shape index (κ2) is 8.05. The highest BCUT2D eigenvalue weighted by molar-refractivity contribution is 6.14. The lowest BCUT2D eigenvalue weighted by atomic mass is 10.1. The van der Waals surface area contributed by atoms with Crippen molar-refractivity contribution in [2.45, 2.75) is 18.3 Å². The number of benzene rings is 2. The quantitative estimate of drug-likeness (QED) is 0.500. The molecule has 1 fully saturated rings. The summed E-state index contributed by atoms with van der Waals surface area (Å²) in [4.78, 5) is 36.6. The minimum Gasteiger partial charge on any atom is -0.274 e. The molecule has 2 aromatic rings. The fourth-order valence-electron chi connectivity index (χ4n) is 2.96. The first-order valence-corrected chi connectivity index (χ1v) is 8.83. The van der Waals surface area contributed by atoms with E-state index in [1.54, 1.807) is 0 Å². The summed E-state index contributed by atoms with van der Waals surface area (Å²) in [6.45, 7) is -3.05. The van der Waals surface area contributed by atoms with Gasteiger partial charge in [0.25, 0.3) is 11.8 Å². The Bertz CT molecular complexity index is 929. The summed E-state index contributed by atoms with van der Waals surface area (Å²) in [6.07, 6.45) is -1.06. The number of amides is 4. The number of alkyl halides is 4. The predicted molar refractivity (Wildman–Crippen MR) is 94.0 cm³/mol. The molecule has 0 spiro atoms. The molecular weight excluding hydrogens is 430 g/mol. The molecule has 164 valence electrons. The van der Waals surface area contributed by atoms with Crippen LogP contribution in [0.15, 0.2) is 48.5 Å². The maximum Gasteiger partial charge on any atom is 0.333 e. The molecule has 2 aromatic carbocycles. The SMILES string of the molecule is O=C1CC(=O)N(CC(F)(F)c2ccc(F)cc2)C(=O)N1CC(F)(F)c1ccc(F)cc1. The fourth-order valence-corrected chi connectivity index (χ4v) is 2.96. The average molecular weight is 444 g/mol. The van der Waals surface area contributed by atoms with Gasteiger partial charge in [0, 0.05) is 11.1 Å². The van der Waals surface area contributed by atoms with Gasteiger partial charge < -0.3 is 0 Å². The van der Waals surface area contributed by atoms with E-state index in [-0.39, 0.29) is 9.80 Å². The van der Waals surface area contributed by atoms with Crippen LogP contribution in [0.25, 0.3) is 0 Å². The molecule has 0 aliphatic carbocycles. The van der Waals surface area contributed by atoms with E-state index in [9.17, 15) is 40.7 Å². The molecule has 31 heavy (non-hydrogen) atoms. The molecule has 0 saturated carbocycles. The maximum atomic E-state index is 14.5. The van der Waals surface area contributed by atoms with Gasteiger partial charge in [-0.05, 0) is 24.3 Å². The zero-order valence-electron chi connectivity index (χ0n) is 15.6. The molecule has 1 heterocycles. The number of nitrogens with zero attached hydrogens (tertiary/aromatic N) is 2. The molecule has 0 N–H and O–H groups in total. The van der Waals surface area contributed by atoms with Crippen molar-refractivity contribution >= 4 is 17.8 Å². The van der Waals surface area contributed by atoms with Crippen molar-refractivity contribution in [1.82, 2.24) is 9.80 Å². The first-order valence-electron chi connectivity index (χ1n) is 8.83. The summed E-state index contributed by atoms with van der Waals surface area (Å²) in [6, 6.07) is 4.37. The Kier molecular flexibility index (Phi) is 5.79. The van der Waals surface area contributed by atoms with Gasteiger partial charge in [-0.25, -0.2) is 13.6 Å². The summed E-state index contributed by atoms with van der Waals surface area (Å²) < 4.78 is 84.1. The monoisotopic (exact) mass is 444 g/mol. The van der Waals surface area contributed by atoms with Crippen LogP contribution in [-0.4, -0.2) is 40.7 Å². The van der Waals surface area contributed by atoms with Gasteiger partial charge in [0.05, 0.1) is 13.1 Å². The van der Waals surface area contributed by atoms with Crippen molar-refractivity contribution < 1.29 is 40.7 Å². The molecule has 1 aliphatic heterocycles. The van der Waals surface area contributed by atoms with Gasteiger partial charge in [-0.3, -0.25) is 19.4 Å². The third kappa shape index (κ3) is 4.70. The lowest BCUT2D eigenvalue weighted by Crippen LogP contribution is -2.59. The molecule has 4 amide bonds. The predicted octanol–water partition coefficient (Wildman–Crippen LogP) is 4.03. The highest BCUT2D eigenvalue weighted by atomic mass is 19.3. The van der Waals surface area contributed by atoms with Gasteiger partial charge in [-0.15, -0.1) is 0 Å². The van der Waals surface area contributed by atoms with Crippen molar-refractivity contribution in [2.24, 2.45) is 0 Å². The Morgan fingerprint density at radius 3 is 1.29 bits per heavy atom. The number of imide groups is 2. The van der Waals surface area contributed by atoms with E-state index in [1.807, 2.05) is 0 Å². The average Bonchev–Trinajstić information content (AvgIpc) is 2.69. The van der Waals surface area contributed by atoms with E-state index in [4.69, 9.17) is 0 Å². The second-order valence-corrected chi connectivity index (χ2v) is 6.84. The van der Waals surface area contributed by atoms with Crippen molar-refractivity contribution in [1.29, 1.82) is 0 Å². The summed E-state index contributed by atoms with van der Waals surface area (Å²) >= 11 is 0. The third-order valence-corrected chi connectivity index (χ3v) is 4.61. The lowest BCUT2D eigenvalue weighted by Gasteiger charge is -2.36. The number of carbonyl (C=O) groups excluding carboxylic acids is 3. The minimum atomic E-state index is -3.83. The van der Waals surface area contributed by atoms with E-state index in [2.05, 4.69) is 0 Å². The van der Waals surface area contributed by atoms with Gasteiger partial charge in [0.15, 0.2) is 0 Å². The van der Waals surface area contributed by atoms with Crippen molar-refractivity contribution in [3.05, 3.63) is 71.3 Å². The van der Waals surface area contributed by atoms with E-state index >= 15 is 0 Å². The van der Waals surface area contributed by atoms with Gasteiger partial charge in [-0.1, -0.05) is 24.3 Å². The van der Waals surface area contributed by atoms with Crippen LogP contribution in [0.2, 0.25) is 0 Å². The Hall–Kier alpha value is -3.37. The molecule has 0 unspecified atom stereocenters. The van der Waals surface area contributed by atoms with E-state index < -0.39 is 72.0 Å². The number of urea groups is 1. The molecule has 0 aromatic heterocycles. The van der Waals surface area contributed by atoms with Gasteiger partial charge >= 0.3 is 6.03 Å². The number of rotatable bonds is 6. The van der Waals surface area contributed by atoms with Crippen LogP contribution in [0.4, 0.5) is 31.1 Å². The van der Waals surface area contributed by atoms with E-state index in [0.29, 0.717) is 0 Å². The fraction of sp³-hybridized carbons (Fsp3) is 0.250. The summed E-state index contributed by atoms with van der Waals surface area (Å²) in [5.41, 5.74) is -1.43. The second-order valence-electron chi connectivity index (χ2n) is 6.84. The standard InChI is InChI=1S/C20H14F6N2O3/c21-14-5-1-12(2-6-14)19(23,24)10-27-16(29)9-17(30)28(18(27)31)11-20(25,26)13-3-7-15(22)8-4-13/h1-8H,9-11H2. The highest BCUT2D eigenvalue weighted by Crippen LogP contribution is 2.33. The highest BCUT2D eigenvalue weighted by Gasteiger charge is 2.47. The number of halogens is 6. The summed E-state index contributed by atoms with van der Waals surface area (Å²) in [5, 5.41) is 0. The largest absolute Gasteiger partial charge is 0.333 e. The molecular formula is C20H14F6N2O3. The van der Waals surface area contributed by atoms with Crippen LogP contribution in [0.5, 0.6) is 0 Å². The first kappa shape index (κ1) is 22.3. The van der Waals surface area contributed by atoms with Crippen LogP contribution in [0.1, 0.15) is 17.5 Å². The van der Waals surface area contributed by atoms with Gasteiger partial charge in [0.1, 0.15) is 18.1 Å². The molecule has 5 nitrogen and oxygen atoms in total. The normalized spacial score (nSPS) is 15.6. The lowest BCUT2D eigenvalue weighted by molar-refractivity contribution is -0.149. The van der Waals surface area contributed by atoms with Crippen molar-refractivity contribution in [2.75, 3.05) is 13.1 Å². The number of carbonyl (C=O) groups is 3. The van der Waals surface area contributed by atoms with Crippen LogP contribution < -0.4 is 0 Å². The van der Waals surface area contributed by atoms with Crippen LogP contribution in [0, 0.1) is 11.6 Å². The zero-order valence-corrected chi connectivity index (χ0v) is 15.6. The van der Waals surface area contributed by atoms with Crippen molar-refractivity contribution in [3.63, 3.8) is 0 Å². The Morgan fingerprint density at radius 2 is 0.968 bits per heavy atom. The molecule has 1 aliphatic rings. The maximum absolute atomic E-state index is 14.5. The van der Waals surface area contributed by atoms with Crippen molar-refractivity contribution in [3.8, 4) is 0 Å². The molecule has 0 bridgehead atoms. The Morgan fingerprint density at radius 1 is 0.645 bits per heavy atom. The molecule has 0 atom stereocenters. The minimum absolute atomic E-state index is 0.00545. The Balaban J connectivity index is 1.82. The molecule has 1 saturated heterocycles. The van der Waals surface area contributed by atoms with Crippen LogP contribution in [-0.2, 0) is 21.4 Å². The first-order chi connectivity index (χ1) is 14.4. The number of hydrogen-bond acceptors (Lipinski definition) is 3. The Labute approximate surface area is 171 Å². The number of barbiturate groups is 1. The van der Waals surface area contributed by atoms with Crippen LogP contribution in [0.3, 0.4) is 0 Å². The van der Waals surface area contributed by atoms with E-state index in [1.165, 1.54) is 0 Å². The summed E-state index contributed by atoms with van der Waals surface area (Å²) in [7, 11) is 0. The molecule has 0 radical (unpaired) electrons. The number of hydrogen-bond donors (Lipinski definition) is 0. The van der Waals surface area contributed by atoms with E-state index in [0.717, 1.165) is 48.5 Å². The molecule has 3 rings (SSSR count). The third-order valence-electron chi connectivity index (χ3n) is 4.61. The van der Waals surface area contributed by atoms with Crippen LogP contribution >= 0.6 is 0 Å². The van der Waals surface area contributed by atoms with Gasteiger partial charge in [0.2, 0.25) is 11.8 Å². The van der Waals surface area contributed by atoms with Gasteiger partial charge in [-0.2, -0.15) is 17.6 Å². The molecule has 11 heteroatoms. The smallest absolute Gasteiger partial charge is 0.274 e.